The summed E-state index contributed by atoms with van der Waals surface area (Å²) in [6.45, 7) is 0.715. The van der Waals surface area contributed by atoms with Crippen LogP contribution in [-0.2, 0) is 13.0 Å². The summed E-state index contributed by atoms with van der Waals surface area (Å²) in [5, 5.41) is 1.84. The Balaban J connectivity index is 1.31. The SMILES string of the molecule is O=c1/c(=C/c2cn(Cc3ccc(Cl)cc3)c3ccccc23)sc2n1C(c1ccccc1)C1=C(N=2)c2ccccc2CC1. The smallest absolute Gasteiger partial charge is 0.271 e. The van der Waals surface area contributed by atoms with Gasteiger partial charge in [0.15, 0.2) is 4.80 Å². The number of para-hydroxylation sites is 1. The highest BCUT2D eigenvalue weighted by molar-refractivity contribution is 7.07. The lowest BCUT2D eigenvalue weighted by molar-refractivity contribution is 0.585. The van der Waals surface area contributed by atoms with Crippen molar-refractivity contribution in [3.05, 3.63) is 167 Å². The van der Waals surface area contributed by atoms with Crippen molar-refractivity contribution in [3.63, 3.8) is 0 Å². The molecule has 6 aromatic rings. The Bertz CT molecular complexity index is 2200. The fourth-order valence-corrected chi connectivity index (χ4v) is 7.52. The standard InChI is InChI=1S/C36H26ClN3OS/c37-27-17-14-23(15-18-27)21-39-22-26(28-11-6-7-13-31(28)39)20-32-35(41)40-34(25-9-2-1-3-10-25)30-19-16-24-8-4-5-12-29(24)33(30)38-36(40)42-32/h1-15,17-18,20,22,34H,16,19,21H2/b32-20-. The number of rotatable bonds is 4. The minimum Gasteiger partial charge on any atom is -0.342 e. The van der Waals surface area contributed by atoms with Gasteiger partial charge in [0, 0.05) is 39.8 Å². The van der Waals surface area contributed by atoms with Crippen molar-refractivity contribution in [3.8, 4) is 0 Å². The minimum absolute atomic E-state index is 0.00699. The second kappa shape index (κ2) is 10.1. The monoisotopic (exact) mass is 583 g/mol. The van der Waals surface area contributed by atoms with Gasteiger partial charge in [0.25, 0.3) is 5.56 Å². The summed E-state index contributed by atoms with van der Waals surface area (Å²) in [5.41, 5.74) is 9.19. The first-order valence-corrected chi connectivity index (χ1v) is 15.3. The van der Waals surface area contributed by atoms with Crippen LogP contribution in [-0.4, -0.2) is 9.13 Å². The maximum atomic E-state index is 14.2. The van der Waals surface area contributed by atoms with Crippen molar-refractivity contribution in [2.75, 3.05) is 0 Å². The van der Waals surface area contributed by atoms with Crippen molar-refractivity contribution in [1.29, 1.82) is 0 Å². The third-order valence-corrected chi connectivity index (χ3v) is 9.60. The number of nitrogens with zero attached hydrogens (tertiary/aromatic N) is 3. The lowest BCUT2D eigenvalue weighted by atomic mass is 9.83. The second-order valence-electron chi connectivity index (χ2n) is 10.9. The number of hydrogen-bond donors (Lipinski definition) is 0. The lowest BCUT2D eigenvalue weighted by Crippen LogP contribution is -2.38. The highest BCUT2D eigenvalue weighted by Gasteiger charge is 2.32. The van der Waals surface area contributed by atoms with Gasteiger partial charge in [-0.1, -0.05) is 108 Å². The van der Waals surface area contributed by atoms with Crippen LogP contribution in [0.25, 0.3) is 22.7 Å². The summed E-state index contributed by atoms with van der Waals surface area (Å²) < 4.78 is 4.85. The number of halogens is 1. The summed E-state index contributed by atoms with van der Waals surface area (Å²) in [5.74, 6) is 0. The quantitative estimate of drug-likeness (QED) is 0.221. The zero-order chi connectivity index (χ0) is 28.2. The van der Waals surface area contributed by atoms with Crippen LogP contribution in [0.4, 0.5) is 0 Å². The molecule has 0 amide bonds. The summed E-state index contributed by atoms with van der Waals surface area (Å²) in [6.07, 6.45) is 6.03. The molecular formula is C36H26ClN3OS. The minimum atomic E-state index is -0.167. The van der Waals surface area contributed by atoms with E-state index in [1.54, 1.807) is 0 Å². The molecular weight excluding hydrogens is 558 g/mol. The average molecular weight is 584 g/mol. The van der Waals surface area contributed by atoms with E-state index >= 15 is 0 Å². The number of aromatic nitrogens is 2. The second-order valence-corrected chi connectivity index (χ2v) is 12.3. The van der Waals surface area contributed by atoms with Gasteiger partial charge in [0.1, 0.15) is 0 Å². The Morgan fingerprint density at radius 2 is 1.64 bits per heavy atom. The molecule has 0 N–H and O–H groups in total. The predicted molar refractivity (Wildman–Crippen MR) is 172 cm³/mol. The average Bonchev–Trinajstić information content (AvgIpc) is 3.53. The molecule has 2 aliphatic rings. The Hall–Kier alpha value is -4.45. The van der Waals surface area contributed by atoms with Crippen LogP contribution in [0.5, 0.6) is 0 Å². The molecule has 0 radical (unpaired) electrons. The van der Waals surface area contributed by atoms with Gasteiger partial charge < -0.3 is 4.57 Å². The van der Waals surface area contributed by atoms with Gasteiger partial charge in [-0.25, -0.2) is 4.99 Å². The normalized spacial score (nSPS) is 16.2. The molecule has 6 heteroatoms. The number of aryl methyl sites for hydroxylation is 1. The lowest BCUT2D eigenvalue weighted by Gasteiger charge is -2.30. The van der Waals surface area contributed by atoms with Crippen LogP contribution < -0.4 is 14.9 Å². The van der Waals surface area contributed by atoms with Crippen molar-refractivity contribution >= 4 is 45.6 Å². The molecule has 1 aliphatic heterocycles. The zero-order valence-corrected chi connectivity index (χ0v) is 24.3. The topological polar surface area (TPSA) is 39.3 Å². The molecule has 0 saturated heterocycles. The Morgan fingerprint density at radius 1 is 0.881 bits per heavy atom. The summed E-state index contributed by atoms with van der Waals surface area (Å²) in [4.78, 5) is 20.1. The predicted octanol–water partition coefficient (Wildman–Crippen LogP) is 6.98. The third-order valence-electron chi connectivity index (χ3n) is 8.36. The van der Waals surface area contributed by atoms with Crippen LogP contribution in [0.3, 0.4) is 0 Å². The van der Waals surface area contributed by atoms with E-state index in [4.69, 9.17) is 16.6 Å². The first kappa shape index (κ1) is 25.3. The van der Waals surface area contributed by atoms with Crippen molar-refractivity contribution in [2.24, 2.45) is 4.99 Å². The summed E-state index contributed by atoms with van der Waals surface area (Å²) in [6, 6.07) is 35.1. The van der Waals surface area contributed by atoms with E-state index in [9.17, 15) is 4.79 Å². The van der Waals surface area contributed by atoms with Crippen LogP contribution in [0, 0.1) is 0 Å². The van der Waals surface area contributed by atoms with E-state index in [0.717, 1.165) is 50.4 Å². The molecule has 0 fully saturated rings. The molecule has 1 unspecified atom stereocenters. The van der Waals surface area contributed by atoms with Crippen molar-refractivity contribution < 1.29 is 0 Å². The van der Waals surface area contributed by atoms with Crippen LogP contribution in [0.1, 0.15) is 40.3 Å². The molecule has 0 bridgehead atoms. The first-order valence-electron chi connectivity index (χ1n) is 14.1. The van der Waals surface area contributed by atoms with Crippen molar-refractivity contribution in [2.45, 2.75) is 25.4 Å². The van der Waals surface area contributed by atoms with Gasteiger partial charge in [-0.2, -0.15) is 0 Å². The maximum Gasteiger partial charge on any atom is 0.271 e. The maximum absolute atomic E-state index is 14.2. The zero-order valence-electron chi connectivity index (χ0n) is 22.7. The van der Waals surface area contributed by atoms with Crippen molar-refractivity contribution in [1.82, 2.24) is 9.13 Å². The molecule has 42 heavy (non-hydrogen) atoms. The molecule has 3 heterocycles. The molecule has 4 aromatic carbocycles. The number of allylic oxidation sites excluding steroid dienone is 1. The Kier molecular flexibility index (Phi) is 6.09. The van der Waals surface area contributed by atoms with Gasteiger partial charge in [-0.3, -0.25) is 9.36 Å². The third kappa shape index (κ3) is 4.20. The fourth-order valence-electron chi connectivity index (χ4n) is 6.41. The van der Waals surface area contributed by atoms with Gasteiger partial charge in [-0.05, 0) is 59.4 Å². The van der Waals surface area contributed by atoms with E-state index < -0.39 is 0 Å². The number of thiazole rings is 1. The van der Waals surface area contributed by atoms with Crippen LogP contribution in [0.2, 0.25) is 5.02 Å². The number of benzene rings is 4. The van der Waals surface area contributed by atoms with E-state index in [-0.39, 0.29) is 11.6 Å². The first-order chi connectivity index (χ1) is 20.6. The van der Waals surface area contributed by atoms with Gasteiger partial charge >= 0.3 is 0 Å². The molecule has 0 spiro atoms. The molecule has 0 saturated carbocycles. The molecule has 1 aliphatic carbocycles. The van der Waals surface area contributed by atoms with E-state index in [1.165, 1.54) is 33.6 Å². The van der Waals surface area contributed by atoms with E-state index in [0.29, 0.717) is 11.1 Å². The number of fused-ring (bicyclic) bond motifs is 4. The van der Waals surface area contributed by atoms with Crippen LogP contribution >= 0.6 is 22.9 Å². The molecule has 2 aromatic heterocycles. The number of hydrogen-bond acceptors (Lipinski definition) is 3. The highest BCUT2D eigenvalue weighted by Crippen LogP contribution is 2.41. The summed E-state index contributed by atoms with van der Waals surface area (Å²) >= 11 is 7.60. The largest absolute Gasteiger partial charge is 0.342 e. The summed E-state index contributed by atoms with van der Waals surface area (Å²) in [7, 11) is 0. The molecule has 204 valence electrons. The molecule has 8 rings (SSSR count). The van der Waals surface area contributed by atoms with E-state index in [1.807, 2.05) is 28.8 Å². The molecule has 4 nitrogen and oxygen atoms in total. The Labute approximate surface area is 251 Å². The fraction of sp³-hybridized carbons (Fsp3) is 0.111. The highest BCUT2D eigenvalue weighted by atomic mass is 35.5. The van der Waals surface area contributed by atoms with Gasteiger partial charge in [0.05, 0.1) is 16.3 Å². The molecule has 1 atom stereocenters. The van der Waals surface area contributed by atoms with Crippen LogP contribution in [0.15, 0.2) is 125 Å². The van der Waals surface area contributed by atoms with Gasteiger partial charge in [-0.15, -0.1) is 0 Å². The van der Waals surface area contributed by atoms with Gasteiger partial charge in [0.2, 0.25) is 0 Å². The Morgan fingerprint density at radius 3 is 2.50 bits per heavy atom. The van der Waals surface area contributed by atoms with E-state index in [2.05, 4.69) is 95.7 Å².